The quantitative estimate of drug-likeness (QED) is 0.819. The molecular formula is C21H31N3O3. The van der Waals surface area contributed by atoms with Crippen LogP contribution in [0.5, 0.6) is 5.75 Å². The highest BCUT2D eigenvalue weighted by Gasteiger charge is 2.33. The van der Waals surface area contributed by atoms with Gasteiger partial charge in [0, 0.05) is 53.1 Å². The van der Waals surface area contributed by atoms with Crippen LogP contribution in [0.25, 0.3) is 0 Å². The van der Waals surface area contributed by atoms with Crippen LogP contribution in [0.4, 0.5) is 4.79 Å². The van der Waals surface area contributed by atoms with Crippen molar-refractivity contribution in [2.24, 2.45) is 5.92 Å². The summed E-state index contributed by atoms with van der Waals surface area (Å²) in [7, 11) is 3.51. The third-order valence-corrected chi connectivity index (χ3v) is 5.47. The Bertz CT molecular complexity index is 668. The number of piperidine rings is 2. The van der Waals surface area contributed by atoms with Gasteiger partial charge >= 0.3 is 6.03 Å². The number of ether oxygens (including phenoxy) is 1. The fourth-order valence-electron chi connectivity index (χ4n) is 3.97. The maximum absolute atomic E-state index is 12.9. The third-order valence-electron chi connectivity index (χ3n) is 5.47. The van der Waals surface area contributed by atoms with Gasteiger partial charge in [-0.15, -0.1) is 0 Å². The second-order valence-corrected chi connectivity index (χ2v) is 7.92. The normalized spacial score (nSPS) is 21.1. The zero-order chi connectivity index (χ0) is 19.4. The molecule has 3 amide bonds. The topological polar surface area (TPSA) is 53.1 Å². The first-order valence-electron chi connectivity index (χ1n) is 9.92. The van der Waals surface area contributed by atoms with E-state index in [1.54, 1.807) is 23.9 Å². The van der Waals surface area contributed by atoms with Gasteiger partial charge in [-0.05, 0) is 37.5 Å². The number of rotatable bonds is 3. The molecule has 27 heavy (non-hydrogen) atoms. The van der Waals surface area contributed by atoms with E-state index >= 15 is 0 Å². The molecule has 6 heteroatoms. The van der Waals surface area contributed by atoms with Gasteiger partial charge in [0.1, 0.15) is 11.9 Å². The molecule has 2 heterocycles. The number of hydrogen-bond donors (Lipinski definition) is 0. The summed E-state index contributed by atoms with van der Waals surface area (Å²) in [6.45, 7) is 4.80. The Morgan fingerprint density at radius 2 is 1.81 bits per heavy atom. The Labute approximate surface area is 162 Å². The van der Waals surface area contributed by atoms with Gasteiger partial charge in [0.25, 0.3) is 0 Å². The molecule has 0 aromatic heterocycles. The summed E-state index contributed by atoms with van der Waals surface area (Å²) < 4.78 is 6.09. The fraction of sp³-hybridized carbons (Fsp3) is 0.619. The summed E-state index contributed by atoms with van der Waals surface area (Å²) in [5.74, 6) is 1.03. The minimum Gasteiger partial charge on any atom is -0.490 e. The van der Waals surface area contributed by atoms with Gasteiger partial charge < -0.3 is 19.4 Å². The maximum atomic E-state index is 12.9. The molecule has 0 saturated carbocycles. The van der Waals surface area contributed by atoms with Gasteiger partial charge in [-0.3, -0.25) is 4.79 Å². The van der Waals surface area contributed by atoms with Crippen LogP contribution in [0.15, 0.2) is 24.3 Å². The van der Waals surface area contributed by atoms with Crippen LogP contribution in [0.1, 0.15) is 31.2 Å². The molecule has 0 aliphatic carbocycles. The largest absolute Gasteiger partial charge is 0.490 e. The predicted octanol–water partition coefficient (Wildman–Crippen LogP) is 2.76. The first-order chi connectivity index (χ1) is 12.9. The Morgan fingerprint density at radius 1 is 1.07 bits per heavy atom. The molecule has 2 saturated heterocycles. The van der Waals surface area contributed by atoms with E-state index in [1.165, 1.54) is 5.56 Å². The van der Waals surface area contributed by atoms with Crippen LogP contribution in [0.2, 0.25) is 0 Å². The molecule has 6 nitrogen and oxygen atoms in total. The van der Waals surface area contributed by atoms with E-state index in [0.29, 0.717) is 6.54 Å². The molecule has 0 N–H and O–H groups in total. The van der Waals surface area contributed by atoms with Crippen molar-refractivity contribution in [3.63, 3.8) is 0 Å². The van der Waals surface area contributed by atoms with Crippen molar-refractivity contribution in [3.8, 4) is 5.75 Å². The number of hydrogen-bond acceptors (Lipinski definition) is 3. The number of amides is 3. The summed E-state index contributed by atoms with van der Waals surface area (Å²) in [5.41, 5.74) is 1.19. The number of carbonyl (C=O) groups excluding carboxylic acids is 2. The zero-order valence-electron chi connectivity index (χ0n) is 16.7. The zero-order valence-corrected chi connectivity index (χ0v) is 16.7. The lowest BCUT2D eigenvalue weighted by Gasteiger charge is -2.38. The molecule has 2 aliphatic rings. The molecule has 0 unspecified atom stereocenters. The molecule has 1 aromatic carbocycles. The smallest absolute Gasteiger partial charge is 0.319 e. The molecule has 3 rings (SSSR count). The number of carbonyl (C=O) groups is 2. The average molecular weight is 373 g/mol. The van der Waals surface area contributed by atoms with Crippen molar-refractivity contribution in [1.82, 2.24) is 14.7 Å². The van der Waals surface area contributed by atoms with Crippen LogP contribution in [-0.2, 0) is 4.79 Å². The number of urea groups is 1. The Morgan fingerprint density at radius 3 is 2.48 bits per heavy atom. The molecule has 0 bridgehead atoms. The molecule has 0 spiro atoms. The maximum Gasteiger partial charge on any atom is 0.319 e. The van der Waals surface area contributed by atoms with Gasteiger partial charge in [-0.25, -0.2) is 4.79 Å². The van der Waals surface area contributed by atoms with E-state index in [0.717, 1.165) is 51.1 Å². The van der Waals surface area contributed by atoms with E-state index in [4.69, 9.17) is 4.74 Å². The number of likely N-dealkylation sites (tertiary alicyclic amines) is 2. The first kappa shape index (κ1) is 19.5. The average Bonchev–Trinajstić information content (AvgIpc) is 2.67. The molecule has 1 atom stereocenters. The lowest BCUT2D eigenvalue weighted by Crippen LogP contribution is -2.51. The summed E-state index contributed by atoms with van der Waals surface area (Å²) in [6.07, 6.45) is 3.63. The molecule has 2 aliphatic heterocycles. The highest BCUT2D eigenvalue weighted by atomic mass is 16.5. The SMILES string of the molecule is Cc1cccc(OC2CCN(C(=O)[C@@H]3CCCN(C(=O)N(C)C)C3)CC2)c1. The van der Waals surface area contributed by atoms with Gasteiger partial charge in [-0.2, -0.15) is 0 Å². The van der Waals surface area contributed by atoms with Crippen LogP contribution < -0.4 is 4.74 Å². The van der Waals surface area contributed by atoms with Crippen molar-refractivity contribution < 1.29 is 14.3 Å². The standard InChI is InChI=1S/C21H31N3O3/c1-16-6-4-8-19(14-16)27-18-9-12-23(13-10-18)20(25)17-7-5-11-24(15-17)21(26)22(2)3/h4,6,8,14,17-18H,5,7,9-13,15H2,1-3H3/t17-/m1/s1. The second-order valence-electron chi connectivity index (χ2n) is 7.92. The van der Waals surface area contributed by atoms with Crippen molar-refractivity contribution in [1.29, 1.82) is 0 Å². The van der Waals surface area contributed by atoms with Crippen LogP contribution in [0.3, 0.4) is 0 Å². The van der Waals surface area contributed by atoms with E-state index < -0.39 is 0 Å². The third kappa shape index (κ3) is 4.93. The van der Waals surface area contributed by atoms with Gasteiger partial charge in [0.2, 0.25) is 5.91 Å². The summed E-state index contributed by atoms with van der Waals surface area (Å²) in [6, 6.07) is 8.10. The summed E-state index contributed by atoms with van der Waals surface area (Å²) in [4.78, 5) is 30.5. The molecular weight excluding hydrogens is 342 g/mol. The van der Waals surface area contributed by atoms with Gasteiger partial charge in [-0.1, -0.05) is 12.1 Å². The number of benzene rings is 1. The summed E-state index contributed by atoms with van der Waals surface area (Å²) >= 11 is 0. The van der Waals surface area contributed by atoms with E-state index in [1.807, 2.05) is 17.0 Å². The van der Waals surface area contributed by atoms with Gasteiger partial charge in [0.15, 0.2) is 0 Å². The minimum absolute atomic E-state index is 0.00207. The number of nitrogens with zero attached hydrogens (tertiary/aromatic N) is 3. The lowest BCUT2D eigenvalue weighted by atomic mass is 9.95. The fourth-order valence-corrected chi connectivity index (χ4v) is 3.97. The van der Waals surface area contributed by atoms with Crippen molar-refractivity contribution in [2.45, 2.75) is 38.7 Å². The molecule has 148 valence electrons. The van der Waals surface area contributed by atoms with Gasteiger partial charge in [0.05, 0.1) is 5.92 Å². The van der Waals surface area contributed by atoms with E-state index in [9.17, 15) is 9.59 Å². The lowest BCUT2D eigenvalue weighted by molar-refractivity contribution is -0.138. The van der Waals surface area contributed by atoms with Crippen LogP contribution in [-0.4, -0.2) is 73.0 Å². The Kier molecular flexibility index (Phi) is 6.24. The Hall–Kier alpha value is -2.24. The number of aryl methyl sites for hydroxylation is 1. The first-order valence-corrected chi connectivity index (χ1v) is 9.92. The van der Waals surface area contributed by atoms with E-state index in [-0.39, 0.29) is 24.0 Å². The van der Waals surface area contributed by atoms with Crippen LogP contribution >= 0.6 is 0 Å². The second kappa shape index (κ2) is 8.63. The van der Waals surface area contributed by atoms with Crippen LogP contribution in [0, 0.1) is 12.8 Å². The predicted molar refractivity (Wildman–Crippen MR) is 105 cm³/mol. The van der Waals surface area contributed by atoms with Crippen molar-refractivity contribution in [3.05, 3.63) is 29.8 Å². The highest BCUT2D eigenvalue weighted by molar-refractivity contribution is 5.81. The Balaban J connectivity index is 1.50. The molecule has 1 aromatic rings. The van der Waals surface area contributed by atoms with E-state index in [2.05, 4.69) is 19.1 Å². The monoisotopic (exact) mass is 373 g/mol. The van der Waals surface area contributed by atoms with Crippen molar-refractivity contribution in [2.75, 3.05) is 40.3 Å². The van der Waals surface area contributed by atoms with Crippen molar-refractivity contribution >= 4 is 11.9 Å². The molecule has 0 radical (unpaired) electrons. The minimum atomic E-state index is -0.0723. The molecule has 2 fully saturated rings. The summed E-state index contributed by atoms with van der Waals surface area (Å²) in [5, 5.41) is 0. The highest BCUT2D eigenvalue weighted by Crippen LogP contribution is 2.24.